The summed E-state index contributed by atoms with van der Waals surface area (Å²) in [6.07, 6.45) is 0.323. The van der Waals surface area contributed by atoms with Gasteiger partial charge in [-0.25, -0.2) is 0 Å². The lowest BCUT2D eigenvalue weighted by Gasteiger charge is -2.05. The quantitative estimate of drug-likeness (QED) is 0.625. The predicted molar refractivity (Wildman–Crippen MR) is 63.1 cm³/mol. The van der Waals surface area contributed by atoms with Crippen molar-refractivity contribution in [1.82, 2.24) is 10.6 Å². The fraction of sp³-hybridized carbons (Fsp3) is 0.333. The number of nitrogens with one attached hydrogen (secondary N) is 2. The van der Waals surface area contributed by atoms with Crippen LogP contribution >= 0.6 is 0 Å². The van der Waals surface area contributed by atoms with Gasteiger partial charge in [-0.15, -0.1) is 0 Å². The summed E-state index contributed by atoms with van der Waals surface area (Å²) >= 11 is 0. The Balaban J connectivity index is 2.17. The summed E-state index contributed by atoms with van der Waals surface area (Å²) in [5, 5.41) is 23.0. The molecule has 3 N–H and O–H groups in total. The van der Waals surface area contributed by atoms with E-state index in [0.29, 0.717) is 19.5 Å². The lowest BCUT2D eigenvalue weighted by Crippen LogP contribution is -2.34. The monoisotopic (exact) mass is 233 g/mol. The Bertz CT molecular complexity index is 395. The first-order valence-corrected chi connectivity index (χ1v) is 5.34. The molecule has 0 aliphatic heterocycles. The summed E-state index contributed by atoms with van der Waals surface area (Å²) in [5.41, 5.74) is 0.993. The van der Waals surface area contributed by atoms with Crippen LogP contribution in [0.3, 0.4) is 0 Å². The van der Waals surface area contributed by atoms with Crippen molar-refractivity contribution in [2.45, 2.75) is 13.0 Å². The number of phenolic OH excluding ortho intramolecular Hbond substituents is 1. The Hall–Kier alpha value is -2.06. The van der Waals surface area contributed by atoms with Gasteiger partial charge in [-0.05, 0) is 17.7 Å². The number of aromatic hydroxyl groups is 1. The molecule has 0 aliphatic carbocycles. The first-order chi connectivity index (χ1) is 8.22. The molecular formula is C12H15N3O2. The lowest BCUT2D eigenvalue weighted by molar-refractivity contribution is -0.120. The van der Waals surface area contributed by atoms with Crippen LogP contribution < -0.4 is 10.6 Å². The third-order valence-corrected chi connectivity index (χ3v) is 2.11. The van der Waals surface area contributed by atoms with Crippen molar-refractivity contribution < 1.29 is 9.90 Å². The van der Waals surface area contributed by atoms with Crippen molar-refractivity contribution in [2.24, 2.45) is 0 Å². The zero-order valence-electron chi connectivity index (χ0n) is 9.44. The molecule has 1 rings (SSSR count). The third kappa shape index (κ3) is 5.54. The number of hydrogen-bond acceptors (Lipinski definition) is 4. The molecular weight excluding hydrogens is 218 g/mol. The van der Waals surface area contributed by atoms with Crippen LogP contribution in [0.4, 0.5) is 0 Å². The summed E-state index contributed by atoms with van der Waals surface area (Å²) in [6.45, 7) is 1.16. The zero-order valence-corrected chi connectivity index (χ0v) is 9.44. The van der Waals surface area contributed by atoms with E-state index in [0.717, 1.165) is 5.56 Å². The summed E-state index contributed by atoms with van der Waals surface area (Å²) in [4.78, 5) is 11.2. The molecule has 0 spiro atoms. The van der Waals surface area contributed by atoms with E-state index in [-0.39, 0.29) is 18.2 Å². The molecule has 0 unspecified atom stereocenters. The minimum Gasteiger partial charge on any atom is -0.508 e. The highest BCUT2D eigenvalue weighted by Crippen LogP contribution is 2.08. The maximum Gasteiger partial charge on any atom is 0.234 e. The second-order valence-electron chi connectivity index (χ2n) is 3.53. The van der Waals surface area contributed by atoms with Gasteiger partial charge in [0, 0.05) is 13.1 Å². The first kappa shape index (κ1) is 13.0. The van der Waals surface area contributed by atoms with E-state index in [1.54, 1.807) is 24.3 Å². The Morgan fingerprint density at radius 2 is 2.06 bits per heavy atom. The molecule has 0 aliphatic rings. The number of nitrogens with zero attached hydrogens (tertiary/aromatic N) is 1. The maximum atomic E-state index is 11.2. The molecule has 1 aromatic rings. The molecule has 0 bridgehead atoms. The maximum absolute atomic E-state index is 11.2. The van der Waals surface area contributed by atoms with E-state index in [2.05, 4.69) is 10.6 Å². The smallest absolute Gasteiger partial charge is 0.234 e. The summed E-state index contributed by atoms with van der Waals surface area (Å²) in [5.74, 6) is 0.0991. The van der Waals surface area contributed by atoms with Gasteiger partial charge in [0.05, 0.1) is 19.0 Å². The van der Waals surface area contributed by atoms with Gasteiger partial charge in [-0.3, -0.25) is 4.79 Å². The van der Waals surface area contributed by atoms with Crippen molar-refractivity contribution in [3.63, 3.8) is 0 Å². The molecule has 0 radical (unpaired) electrons. The zero-order chi connectivity index (χ0) is 12.5. The number of carbonyl (C=O) groups excluding carboxylic acids is 1. The van der Waals surface area contributed by atoms with Crippen molar-refractivity contribution in [3.8, 4) is 11.8 Å². The van der Waals surface area contributed by atoms with Crippen LogP contribution in [0.25, 0.3) is 0 Å². The average molecular weight is 233 g/mol. The van der Waals surface area contributed by atoms with E-state index >= 15 is 0 Å². The van der Waals surface area contributed by atoms with E-state index in [4.69, 9.17) is 10.4 Å². The van der Waals surface area contributed by atoms with Crippen molar-refractivity contribution in [2.75, 3.05) is 13.1 Å². The average Bonchev–Trinajstić information content (AvgIpc) is 2.32. The molecule has 0 saturated heterocycles. The van der Waals surface area contributed by atoms with Crippen LogP contribution in [0.5, 0.6) is 5.75 Å². The van der Waals surface area contributed by atoms with Crippen LogP contribution in [0.15, 0.2) is 24.3 Å². The van der Waals surface area contributed by atoms with Crippen molar-refractivity contribution in [3.05, 3.63) is 29.8 Å². The van der Waals surface area contributed by atoms with Gasteiger partial charge < -0.3 is 15.7 Å². The minimum atomic E-state index is -0.126. The number of benzene rings is 1. The van der Waals surface area contributed by atoms with Crippen molar-refractivity contribution in [1.29, 1.82) is 5.26 Å². The van der Waals surface area contributed by atoms with Gasteiger partial charge in [0.1, 0.15) is 5.75 Å². The summed E-state index contributed by atoms with van der Waals surface area (Å²) in [7, 11) is 0. The third-order valence-electron chi connectivity index (χ3n) is 2.11. The van der Waals surface area contributed by atoms with Gasteiger partial charge in [0.15, 0.2) is 0 Å². The SMILES string of the molecule is N#CCCNC(=O)CNCc1ccc(O)cc1. The minimum absolute atomic E-state index is 0.126. The number of nitriles is 1. The Kier molecular flexibility index (Phi) is 5.55. The molecule has 0 aromatic heterocycles. The number of phenols is 1. The molecule has 1 amide bonds. The van der Waals surface area contributed by atoms with E-state index in [1.165, 1.54) is 0 Å². The van der Waals surface area contributed by atoms with Gasteiger partial charge in [-0.1, -0.05) is 12.1 Å². The van der Waals surface area contributed by atoms with Gasteiger partial charge in [0.25, 0.3) is 0 Å². The van der Waals surface area contributed by atoms with Gasteiger partial charge in [0.2, 0.25) is 5.91 Å². The van der Waals surface area contributed by atoms with Crippen molar-refractivity contribution >= 4 is 5.91 Å². The van der Waals surface area contributed by atoms with Gasteiger partial charge in [-0.2, -0.15) is 5.26 Å². The molecule has 0 atom stereocenters. The molecule has 17 heavy (non-hydrogen) atoms. The summed E-state index contributed by atoms with van der Waals surface area (Å²) in [6, 6.07) is 8.73. The number of hydrogen-bond donors (Lipinski definition) is 3. The standard InChI is InChI=1S/C12H15N3O2/c13-6-1-7-15-12(17)9-14-8-10-2-4-11(16)5-3-10/h2-5,14,16H,1,7-9H2,(H,15,17). The van der Waals surface area contributed by atoms with Crippen LogP contribution in [0.2, 0.25) is 0 Å². The van der Waals surface area contributed by atoms with Crippen LogP contribution in [0.1, 0.15) is 12.0 Å². The number of carbonyl (C=O) groups is 1. The molecule has 0 fully saturated rings. The topological polar surface area (TPSA) is 85.2 Å². The number of amides is 1. The molecule has 5 nitrogen and oxygen atoms in total. The molecule has 5 heteroatoms. The van der Waals surface area contributed by atoms with Crippen LogP contribution in [0, 0.1) is 11.3 Å². The highest BCUT2D eigenvalue weighted by Gasteiger charge is 1.99. The fourth-order valence-electron chi connectivity index (χ4n) is 1.25. The Labute approximate surface area is 100 Å². The predicted octanol–water partition coefficient (Wildman–Crippen LogP) is 0.512. The largest absolute Gasteiger partial charge is 0.508 e. The number of rotatable bonds is 6. The second-order valence-corrected chi connectivity index (χ2v) is 3.53. The molecule has 0 saturated carbocycles. The second kappa shape index (κ2) is 7.25. The lowest BCUT2D eigenvalue weighted by atomic mass is 10.2. The molecule has 90 valence electrons. The Morgan fingerprint density at radius 3 is 2.71 bits per heavy atom. The van der Waals surface area contributed by atoms with Crippen LogP contribution in [-0.4, -0.2) is 24.1 Å². The normalized spacial score (nSPS) is 9.59. The first-order valence-electron chi connectivity index (χ1n) is 5.34. The van der Waals surface area contributed by atoms with Gasteiger partial charge >= 0.3 is 0 Å². The Morgan fingerprint density at radius 1 is 1.35 bits per heavy atom. The molecule has 0 heterocycles. The highest BCUT2D eigenvalue weighted by atomic mass is 16.3. The van der Waals surface area contributed by atoms with E-state index in [1.807, 2.05) is 6.07 Å². The highest BCUT2D eigenvalue weighted by molar-refractivity contribution is 5.77. The van der Waals surface area contributed by atoms with E-state index in [9.17, 15) is 4.79 Å². The fourth-order valence-corrected chi connectivity index (χ4v) is 1.25. The summed E-state index contributed by atoms with van der Waals surface area (Å²) < 4.78 is 0. The van der Waals surface area contributed by atoms with Crippen LogP contribution in [-0.2, 0) is 11.3 Å². The van der Waals surface area contributed by atoms with E-state index < -0.39 is 0 Å². The molecule has 1 aromatic carbocycles.